The van der Waals surface area contributed by atoms with E-state index in [9.17, 15) is 9.59 Å². The van der Waals surface area contributed by atoms with Crippen LogP contribution in [0.2, 0.25) is 0 Å². The highest BCUT2D eigenvalue weighted by molar-refractivity contribution is 5.92. The summed E-state index contributed by atoms with van der Waals surface area (Å²) in [7, 11) is 0. The number of fused-ring (bicyclic) bond motifs is 5. The van der Waals surface area contributed by atoms with Crippen LogP contribution >= 0.6 is 0 Å². The van der Waals surface area contributed by atoms with Gasteiger partial charge in [-0.25, -0.2) is 0 Å². The van der Waals surface area contributed by atoms with E-state index in [1.165, 1.54) is 30.4 Å². The molecule has 4 rings (SSSR count). The van der Waals surface area contributed by atoms with Gasteiger partial charge < -0.3 is 0 Å². The fraction of sp³-hybridized carbons (Fsp3) is 0.714. The van der Waals surface area contributed by atoms with Gasteiger partial charge in [0.2, 0.25) is 0 Å². The summed E-state index contributed by atoms with van der Waals surface area (Å²) in [5, 5.41) is 0. The summed E-state index contributed by atoms with van der Waals surface area (Å²) in [6, 6.07) is 0. The van der Waals surface area contributed by atoms with E-state index in [1.807, 2.05) is 6.08 Å². The molecule has 0 heterocycles. The zero-order valence-electron chi connectivity index (χ0n) is 14.4. The SMILES string of the molecule is C=C1C[C@@H]2[C@H](CC[C@]3(C)C(C(C)=O)CC[C@@H]23)[C@H]2CCC(=O)C=C12. The minimum Gasteiger partial charge on any atom is -0.300 e. The Balaban J connectivity index is 1.67. The molecule has 0 amide bonds. The third kappa shape index (κ3) is 2.13. The van der Waals surface area contributed by atoms with Crippen LogP contribution in [0.4, 0.5) is 0 Å². The molecule has 3 fully saturated rings. The van der Waals surface area contributed by atoms with Crippen molar-refractivity contribution in [3.05, 3.63) is 23.8 Å². The fourth-order valence-corrected chi connectivity index (χ4v) is 6.80. The van der Waals surface area contributed by atoms with E-state index in [0.29, 0.717) is 35.9 Å². The van der Waals surface area contributed by atoms with Crippen molar-refractivity contribution in [1.82, 2.24) is 0 Å². The first-order valence-corrected chi connectivity index (χ1v) is 9.35. The minimum absolute atomic E-state index is 0.207. The quantitative estimate of drug-likeness (QED) is 0.714. The molecule has 0 bridgehead atoms. The lowest BCUT2D eigenvalue weighted by molar-refractivity contribution is -0.127. The second-order valence-electron chi connectivity index (χ2n) is 8.74. The molecule has 0 aromatic carbocycles. The summed E-state index contributed by atoms with van der Waals surface area (Å²) in [5.74, 6) is 3.57. The van der Waals surface area contributed by atoms with Crippen molar-refractivity contribution >= 4 is 11.6 Å². The van der Waals surface area contributed by atoms with Crippen molar-refractivity contribution in [1.29, 1.82) is 0 Å². The Morgan fingerprint density at radius 3 is 2.74 bits per heavy atom. The third-order valence-corrected chi connectivity index (χ3v) is 7.81. The van der Waals surface area contributed by atoms with E-state index >= 15 is 0 Å². The Bertz CT molecular complexity index is 613. The molecule has 23 heavy (non-hydrogen) atoms. The molecule has 0 aliphatic heterocycles. The molecule has 0 aromatic rings. The van der Waals surface area contributed by atoms with Crippen molar-refractivity contribution in [3.8, 4) is 0 Å². The van der Waals surface area contributed by atoms with Crippen LogP contribution in [0.15, 0.2) is 23.8 Å². The van der Waals surface area contributed by atoms with E-state index in [1.54, 1.807) is 6.92 Å². The Hall–Kier alpha value is -1.18. The summed E-state index contributed by atoms with van der Waals surface area (Å²) < 4.78 is 0. The van der Waals surface area contributed by atoms with Crippen LogP contribution in [-0.2, 0) is 9.59 Å². The summed E-state index contributed by atoms with van der Waals surface area (Å²) in [4.78, 5) is 24.0. The van der Waals surface area contributed by atoms with Gasteiger partial charge in [-0.1, -0.05) is 19.1 Å². The van der Waals surface area contributed by atoms with Crippen LogP contribution < -0.4 is 0 Å². The van der Waals surface area contributed by atoms with Gasteiger partial charge in [0.05, 0.1) is 0 Å². The maximum atomic E-state index is 12.1. The third-order valence-electron chi connectivity index (χ3n) is 7.81. The molecule has 1 unspecified atom stereocenters. The minimum atomic E-state index is 0.207. The topological polar surface area (TPSA) is 34.1 Å². The average Bonchev–Trinajstić information content (AvgIpc) is 2.85. The van der Waals surface area contributed by atoms with E-state index < -0.39 is 0 Å². The summed E-state index contributed by atoms with van der Waals surface area (Å²) >= 11 is 0. The van der Waals surface area contributed by atoms with E-state index in [2.05, 4.69) is 13.5 Å². The van der Waals surface area contributed by atoms with Gasteiger partial charge >= 0.3 is 0 Å². The average molecular weight is 312 g/mol. The predicted molar refractivity (Wildman–Crippen MR) is 90.8 cm³/mol. The zero-order chi connectivity index (χ0) is 16.4. The highest BCUT2D eigenvalue weighted by atomic mass is 16.1. The molecule has 6 atom stereocenters. The van der Waals surface area contributed by atoms with Crippen molar-refractivity contribution in [2.45, 2.75) is 58.8 Å². The van der Waals surface area contributed by atoms with E-state index in [-0.39, 0.29) is 17.1 Å². The molecule has 0 radical (unpaired) electrons. The van der Waals surface area contributed by atoms with Crippen LogP contribution in [0.3, 0.4) is 0 Å². The van der Waals surface area contributed by atoms with Crippen molar-refractivity contribution < 1.29 is 9.59 Å². The maximum Gasteiger partial charge on any atom is 0.156 e. The first kappa shape index (κ1) is 15.4. The lowest BCUT2D eigenvalue weighted by Crippen LogP contribution is -2.47. The monoisotopic (exact) mass is 312 g/mol. The Morgan fingerprint density at radius 2 is 2.00 bits per heavy atom. The van der Waals surface area contributed by atoms with Crippen molar-refractivity contribution in [2.24, 2.45) is 35.0 Å². The standard InChI is InChI=1S/C21H28O2/c1-12-10-18-16(15-5-4-14(23)11-17(12)15)8-9-21(3)19(13(2)22)6-7-20(18)21/h11,15-16,18-20H,1,4-10H2,2-3H3/t15-,16-,18-,19?,20+,21-/m1/s1. The van der Waals surface area contributed by atoms with E-state index in [0.717, 1.165) is 19.3 Å². The number of rotatable bonds is 1. The highest BCUT2D eigenvalue weighted by Gasteiger charge is 2.57. The summed E-state index contributed by atoms with van der Waals surface area (Å²) in [5.41, 5.74) is 2.69. The van der Waals surface area contributed by atoms with E-state index in [4.69, 9.17) is 0 Å². The Labute approximate surface area is 139 Å². The summed E-state index contributed by atoms with van der Waals surface area (Å²) in [6.07, 6.45) is 9.38. The lowest BCUT2D eigenvalue weighted by atomic mass is 9.50. The van der Waals surface area contributed by atoms with Gasteiger partial charge in [0.1, 0.15) is 5.78 Å². The number of ketones is 2. The second-order valence-corrected chi connectivity index (χ2v) is 8.74. The molecule has 3 saturated carbocycles. The Kier molecular flexibility index (Phi) is 3.44. The maximum absolute atomic E-state index is 12.1. The van der Waals surface area contributed by atoms with Crippen molar-refractivity contribution in [3.63, 3.8) is 0 Å². The Morgan fingerprint density at radius 1 is 1.22 bits per heavy atom. The number of hydrogen-bond acceptors (Lipinski definition) is 2. The predicted octanol–water partition coefficient (Wildman–Crippen LogP) is 4.50. The number of Topliss-reactive ketones (excluding diaryl/α,β-unsaturated/α-hetero) is 1. The number of carbonyl (C=O) groups excluding carboxylic acids is 2. The van der Waals surface area contributed by atoms with Crippen LogP contribution in [0.1, 0.15) is 58.8 Å². The van der Waals surface area contributed by atoms with Gasteiger partial charge in [-0.15, -0.1) is 0 Å². The summed E-state index contributed by atoms with van der Waals surface area (Å²) in [6.45, 7) is 8.50. The zero-order valence-corrected chi connectivity index (χ0v) is 14.4. The van der Waals surface area contributed by atoms with Crippen LogP contribution in [0.25, 0.3) is 0 Å². The van der Waals surface area contributed by atoms with Gasteiger partial charge in [0, 0.05) is 12.3 Å². The van der Waals surface area contributed by atoms with Gasteiger partial charge in [0.25, 0.3) is 0 Å². The molecule has 4 aliphatic rings. The first-order chi connectivity index (χ1) is 10.9. The molecule has 4 aliphatic carbocycles. The molecule has 2 nitrogen and oxygen atoms in total. The number of allylic oxidation sites excluding steroid dienone is 2. The molecule has 0 N–H and O–H groups in total. The molecule has 0 saturated heterocycles. The highest BCUT2D eigenvalue weighted by Crippen LogP contribution is 2.64. The normalized spacial score (nSPS) is 45.8. The molecule has 0 spiro atoms. The molecular formula is C21H28O2. The van der Waals surface area contributed by atoms with Crippen LogP contribution in [-0.4, -0.2) is 11.6 Å². The number of hydrogen-bond donors (Lipinski definition) is 0. The molecule has 2 heteroatoms. The second kappa shape index (κ2) is 5.16. The smallest absolute Gasteiger partial charge is 0.156 e. The van der Waals surface area contributed by atoms with Crippen LogP contribution in [0.5, 0.6) is 0 Å². The lowest BCUT2D eigenvalue weighted by Gasteiger charge is -2.54. The fourth-order valence-electron chi connectivity index (χ4n) is 6.80. The molecule has 124 valence electrons. The first-order valence-electron chi connectivity index (χ1n) is 9.35. The van der Waals surface area contributed by atoms with Gasteiger partial charge in [-0.05, 0) is 86.2 Å². The van der Waals surface area contributed by atoms with Gasteiger partial charge in [-0.3, -0.25) is 9.59 Å². The molecular weight excluding hydrogens is 284 g/mol. The van der Waals surface area contributed by atoms with Crippen LogP contribution in [0, 0.1) is 35.0 Å². The van der Waals surface area contributed by atoms with Crippen molar-refractivity contribution in [2.75, 3.05) is 0 Å². The van der Waals surface area contributed by atoms with Gasteiger partial charge in [0.15, 0.2) is 5.78 Å². The largest absolute Gasteiger partial charge is 0.300 e. The van der Waals surface area contributed by atoms with Gasteiger partial charge in [-0.2, -0.15) is 0 Å². The molecule has 0 aromatic heterocycles. The number of carbonyl (C=O) groups is 2.